The first-order valence-corrected chi connectivity index (χ1v) is 8.13. The Morgan fingerprint density at radius 1 is 0.917 bits per heavy atom. The standard InChI is InChI=1S/C21H22N2O/c1-16-9-10-19(12-17(16)2)23-14-18-6-5-8-21(13-18)24-15-20-7-3-4-11-22-20/h3-13,23H,14-15H2,1-2H3. The van der Waals surface area contributed by atoms with E-state index in [1.54, 1.807) is 6.20 Å². The van der Waals surface area contributed by atoms with Gasteiger partial charge in [-0.1, -0.05) is 24.3 Å². The molecule has 0 spiro atoms. The molecule has 3 nitrogen and oxygen atoms in total. The van der Waals surface area contributed by atoms with Gasteiger partial charge in [-0.05, 0) is 66.9 Å². The van der Waals surface area contributed by atoms with Crippen molar-refractivity contribution in [2.75, 3.05) is 5.32 Å². The van der Waals surface area contributed by atoms with E-state index in [1.165, 1.54) is 16.7 Å². The number of nitrogens with zero attached hydrogens (tertiary/aromatic N) is 1. The van der Waals surface area contributed by atoms with Crippen LogP contribution in [0.5, 0.6) is 5.75 Å². The zero-order valence-electron chi connectivity index (χ0n) is 14.1. The fraction of sp³-hybridized carbons (Fsp3) is 0.190. The first-order chi connectivity index (χ1) is 11.7. The first-order valence-electron chi connectivity index (χ1n) is 8.13. The normalized spacial score (nSPS) is 10.4. The highest BCUT2D eigenvalue weighted by molar-refractivity contribution is 5.48. The molecule has 1 aromatic heterocycles. The highest BCUT2D eigenvalue weighted by atomic mass is 16.5. The van der Waals surface area contributed by atoms with Gasteiger partial charge in [-0.3, -0.25) is 4.98 Å². The summed E-state index contributed by atoms with van der Waals surface area (Å²) in [7, 11) is 0. The molecule has 0 amide bonds. The molecular formula is C21H22N2O. The summed E-state index contributed by atoms with van der Waals surface area (Å²) in [5.41, 5.74) is 5.86. The molecule has 122 valence electrons. The van der Waals surface area contributed by atoms with E-state index in [0.29, 0.717) is 6.61 Å². The second-order valence-electron chi connectivity index (χ2n) is 5.91. The second kappa shape index (κ2) is 7.64. The van der Waals surface area contributed by atoms with Crippen LogP contribution in [0.3, 0.4) is 0 Å². The molecule has 0 bridgehead atoms. The zero-order chi connectivity index (χ0) is 16.8. The number of aryl methyl sites for hydroxylation is 2. The zero-order valence-corrected chi connectivity index (χ0v) is 14.1. The molecule has 0 aliphatic carbocycles. The maximum atomic E-state index is 5.83. The molecule has 24 heavy (non-hydrogen) atoms. The van der Waals surface area contributed by atoms with Crippen molar-refractivity contribution in [3.63, 3.8) is 0 Å². The van der Waals surface area contributed by atoms with Crippen LogP contribution >= 0.6 is 0 Å². The lowest BCUT2D eigenvalue weighted by molar-refractivity contribution is 0.301. The van der Waals surface area contributed by atoms with E-state index in [4.69, 9.17) is 4.74 Å². The average molecular weight is 318 g/mol. The molecule has 0 radical (unpaired) electrons. The largest absolute Gasteiger partial charge is 0.487 e. The number of aromatic nitrogens is 1. The molecule has 3 aromatic rings. The van der Waals surface area contributed by atoms with Crippen LogP contribution in [0.15, 0.2) is 66.9 Å². The number of benzene rings is 2. The average Bonchev–Trinajstić information content (AvgIpc) is 2.62. The first kappa shape index (κ1) is 16.1. The number of anilines is 1. The third kappa shape index (κ3) is 4.35. The van der Waals surface area contributed by atoms with Gasteiger partial charge in [-0.25, -0.2) is 0 Å². The van der Waals surface area contributed by atoms with Gasteiger partial charge >= 0.3 is 0 Å². The molecule has 0 fully saturated rings. The third-order valence-electron chi connectivity index (χ3n) is 4.01. The Hall–Kier alpha value is -2.81. The van der Waals surface area contributed by atoms with Crippen LogP contribution in [0.25, 0.3) is 0 Å². The van der Waals surface area contributed by atoms with Crippen molar-refractivity contribution in [2.24, 2.45) is 0 Å². The fourth-order valence-electron chi connectivity index (χ4n) is 2.44. The number of ether oxygens (including phenoxy) is 1. The smallest absolute Gasteiger partial charge is 0.130 e. The predicted octanol–water partition coefficient (Wildman–Crippen LogP) is 4.89. The van der Waals surface area contributed by atoms with Crippen molar-refractivity contribution in [1.82, 2.24) is 4.98 Å². The van der Waals surface area contributed by atoms with E-state index < -0.39 is 0 Å². The molecule has 0 aliphatic rings. The van der Waals surface area contributed by atoms with Crippen molar-refractivity contribution in [2.45, 2.75) is 27.0 Å². The molecule has 0 atom stereocenters. The number of rotatable bonds is 6. The molecule has 1 heterocycles. The Morgan fingerprint density at radius 3 is 2.62 bits per heavy atom. The molecule has 0 saturated heterocycles. The van der Waals surface area contributed by atoms with Gasteiger partial charge in [0.25, 0.3) is 0 Å². The van der Waals surface area contributed by atoms with Gasteiger partial charge in [0.2, 0.25) is 0 Å². The van der Waals surface area contributed by atoms with Gasteiger partial charge in [-0.2, -0.15) is 0 Å². The molecular weight excluding hydrogens is 296 g/mol. The minimum absolute atomic E-state index is 0.481. The highest BCUT2D eigenvalue weighted by Crippen LogP contribution is 2.18. The fourth-order valence-corrected chi connectivity index (χ4v) is 2.44. The van der Waals surface area contributed by atoms with Gasteiger partial charge in [0, 0.05) is 18.4 Å². The lowest BCUT2D eigenvalue weighted by Crippen LogP contribution is -2.01. The van der Waals surface area contributed by atoms with Crippen molar-refractivity contribution in [1.29, 1.82) is 0 Å². The Labute approximate surface area is 143 Å². The van der Waals surface area contributed by atoms with Crippen LogP contribution in [-0.2, 0) is 13.2 Å². The van der Waals surface area contributed by atoms with E-state index in [0.717, 1.165) is 23.7 Å². The lowest BCUT2D eigenvalue weighted by atomic mass is 10.1. The minimum atomic E-state index is 0.481. The molecule has 3 rings (SSSR count). The van der Waals surface area contributed by atoms with E-state index in [9.17, 15) is 0 Å². The summed E-state index contributed by atoms with van der Waals surface area (Å²) in [4.78, 5) is 4.27. The number of pyridine rings is 1. The Kier molecular flexibility index (Phi) is 5.12. The van der Waals surface area contributed by atoms with E-state index in [1.807, 2.05) is 30.3 Å². The Bertz CT molecular complexity index is 800. The van der Waals surface area contributed by atoms with Crippen LogP contribution in [0.1, 0.15) is 22.4 Å². The third-order valence-corrected chi connectivity index (χ3v) is 4.01. The van der Waals surface area contributed by atoms with Crippen molar-refractivity contribution < 1.29 is 4.74 Å². The van der Waals surface area contributed by atoms with Crippen LogP contribution < -0.4 is 10.1 Å². The summed E-state index contributed by atoms with van der Waals surface area (Å²) in [6.07, 6.45) is 1.78. The molecule has 0 aliphatic heterocycles. The van der Waals surface area contributed by atoms with Gasteiger partial charge in [0.1, 0.15) is 12.4 Å². The quantitative estimate of drug-likeness (QED) is 0.702. The number of hydrogen-bond donors (Lipinski definition) is 1. The summed E-state index contributed by atoms with van der Waals surface area (Å²) >= 11 is 0. The summed E-state index contributed by atoms with van der Waals surface area (Å²) < 4.78 is 5.83. The van der Waals surface area contributed by atoms with Crippen molar-refractivity contribution in [3.05, 3.63) is 89.2 Å². The van der Waals surface area contributed by atoms with Crippen molar-refractivity contribution in [3.8, 4) is 5.75 Å². The highest BCUT2D eigenvalue weighted by Gasteiger charge is 2.00. The Morgan fingerprint density at radius 2 is 1.83 bits per heavy atom. The van der Waals surface area contributed by atoms with Crippen LogP contribution in [-0.4, -0.2) is 4.98 Å². The minimum Gasteiger partial charge on any atom is -0.487 e. The summed E-state index contributed by atoms with van der Waals surface area (Å²) in [6, 6.07) is 20.4. The van der Waals surface area contributed by atoms with E-state index in [2.05, 4.69) is 54.5 Å². The van der Waals surface area contributed by atoms with Crippen LogP contribution in [0, 0.1) is 13.8 Å². The Balaban J connectivity index is 1.59. The second-order valence-corrected chi connectivity index (χ2v) is 5.91. The maximum Gasteiger partial charge on any atom is 0.130 e. The summed E-state index contributed by atoms with van der Waals surface area (Å²) in [5.74, 6) is 0.861. The van der Waals surface area contributed by atoms with E-state index >= 15 is 0 Å². The summed E-state index contributed by atoms with van der Waals surface area (Å²) in [5, 5.41) is 3.46. The van der Waals surface area contributed by atoms with Gasteiger partial charge in [0.05, 0.1) is 5.69 Å². The number of hydrogen-bond acceptors (Lipinski definition) is 3. The summed E-state index contributed by atoms with van der Waals surface area (Å²) in [6.45, 7) is 5.51. The molecule has 3 heteroatoms. The molecule has 0 saturated carbocycles. The lowest BCUT2D eigenvalue weighted by Gasteiger charge is -2.11. The predicted molar refractivity (Wildman–Crippen MR) is 98.3 cm³/mol. The van der Waals surface area contributed by atoms with Gasteiger partial charge in [-0.15, -0.1) is 0 Å². The number of nitrogens with one attached hydrogen (secondary N) is 1. The van der Waals surface area contributed by atoms with Crippen molar-refractivity contribution >= 4 is 5.69 Å². The van der Waals surface area contributed by atoms with Crippen LogP contribution in [0.2, 0.25) is 0 Å². The molecule has 0 unspecified atom stereocenters. The topological polar surface area (TPSA) is 34.1 Å². The molecule has 1 N–H and O–H groups in total. The van der Waals surface area contributed by atoms with Gasteiger partial charge in [0.15, 0.2) is 0 Å². The molecule has 2 aromatic carbocycles. The van der Waals surface area contributed by atoms with Crippen LogP contribution in [0.4, 0.5) is 5.69 Å². The maximum absolute atomic E-state index is 5.83. The van der Waals surface area contributed by atoms with Gasteiger partial charge < -0.3 is 10.1 Å². The monoisotopic (exact) mass is 318 g/mol. The van der Waals surface area contributed by atoms with E-state index in [-0.39, 0.29) is 0 Å². The SMILES string of the molecule is Cc1ccc(NCc2cccc(OCc3ccccn3)c2)cc1C.